The molecule has 2 aromatic heterocycles. The van der Waals surface area contributed by atoms with Crippen LogP contribution < -0.4 is 9.46 Å². The fourth-order valence-corrected chi connectivity index (χ4v) is 4.78. The number of aromatic nitrogens is 5. The van der Waals surface area contributed by atoms with Crippen molar-refractivity contribution < 1.29 is 23.0 Å². The minimum Gasteiger partial charge on any atom is -0.506 e. The number of aromatic hydroxyl groups is 1. The minimum absolute atomic E-state index is 0.0674. The summed E-state index contributed by atoms with van der Waals surface area (Å²) in [5.41, 5.74) is 7.10. The summed E-state index contributed by atoms with van der Waals surface area (Å²) in [4.78, 5) is 12.8. The molecule has 192 valence electrons. The van der Waals surface area contributed by atoms with Gasteiger partial charge in [0, 0.05) is 18.3 Å². The molecule has 2 N–H and O–H groups in total. The number of nitrogens with one attached hydrogen (secondary N) is 1. The quantitative estimate of drug-likeness (QED) is 0.424. The van der Waals surface area contributed by atoms with Crippen LogP contribution in [0.5, 0.6) is 11.5 Å². The Morgan fingerprint density at radius 3 is 2.57 bits per heavy atom. The Kier molecular flexibility index (Phi) is 7.12. The van der Waals surface area contributed by atoms with Gasteiger partial charge in [0.05, 0.1) is 36.9 Å². The number of sulfonamides is 1. The fourth-order valence-electron chi connectivity index (χ4n) is 3.53. The van der Waals surface area contributed by atoms with E-state index in [4.69, 9.17) is 9.47 Å². The highest BCUT2D eigenvalue weighted by atomic mass is 32.2. The molecule has 1 aromatic carbocycles. The van der Waals surface area contributed by atoms with Gasteiger partial charge in [-0.15, -0.1) is 10.2 Å². The van der Waals surface area contributed by atoms with Crippen LogP contribution in [0.3, 0.4) is 0 Å². The molecule has 0 fully saturated rings. The summed E-state index contributed by atoms with van der Waals surface area (Å²) in [7, 11) is -1.18. The van der Waals surface area contributed by atoms with Gasteiger partial charge in [-0.05, 0) is 31.7 Å². The molecular formula is C24H25N7O5S. The molecule has 0 amide bonds. The molecule has 0 unspecified atom stereocenters. The van der Waals surface area contributed by atoms with Gasteiger partial charge in [0.1, 0.15) is 17.2 Å². The van der Waals surface area contributed by atoms with Gasteiger partial charge in [0.25, 0.3) is 0 Å². The minimum atomic E-state index is -4.04. The zero-order valence-corrected chi connectivity index (χ0v) is 21.6. The molecule has 3 heterocycles. The van der Waals surface area contributed by atoms with E-state index in [2.05, 4.69) is 41.3 Å². The van der Waals surface area contributed by atoms with Crippen molar-refractivity contribution >= 4 is 27.6 Å². The maximum atomic E-state index is 13.5. The summed E-state index contributed by atoms with van der Waals surface area (Å²) in [6.07, 6.45) is 4.62. The van der Waals surface area contributed by atoms with Crippen molar-refractivity contribution in [3.8, 4) is 17.2 Å². The largest absolute Gasteiger partial charge is 0.506 e. The SMILES string of the molecule is COC1=NC(c2nnc(NS(=O)(=O)[C@@H](C)[C@H](C)c3cnc(C)cn3)n2-c2c(O)cccc2OC)=C=C=C1. The lowest BCUT2D eigenvalue weighted by molar-refractivity contribution is 0.404. The Morgan fingerprint density at radius 2 is 1.89 bits per heavy atom. The van der Waals surface area contributed by atoms with Crippen LogP contribution in [0.25, 0.3) is 11.4 Å². The topological polar surface area (TPSA) is 154 Å². The molecular weight excluding hydrogens is 498 g/mol. The van der Waals surface area contributed by atoms with E-state index in [1.54, 1.807) is 45.3 Å². The number of phenolic OH excluding ortho intramolecular Hbond substituents is 1. The third kappa shape index (κ3) is 5.10. The molecule has 1 aliphatic rings. The second-order valence-corrected chi connectivity index (χ2v) is 10.2. The Balaban J connectivity index is 1.82. The van der Waals surface area contributed by atoms with Crippen molar-refractivity contribution in [1.29, 1.82) is 0 Å². The summed E-state index contributed by atoms with van der Waals surface area (Å²) in [5.74, 6) is -0.353. The maximum absolute atomic E-state index is 13.5. The van der Waals surface area contributed by atoms with Crippen LogP contribution in [0.4, 0.5) is 5.95 Å². The van der Waals surface area contributed by atoms with Gasteiger partial charge in [-0.25, -0.2) is 13.4 Å². The number of ether oxygens (including phenoxy) is 2. The first-order valence-electron chi connectivity index (χ1n) is 11.1. The zero-order chi connectivity index (χ0) is 26.7. The van der Waals surface area contributed by atoms with Crippen molar-refractivity contribution in [3.63, 3.8) is 0 Å². The lowest BCUT2D eigenvalue weighted by Gasteiger charge is -2.21. The van der Waals surface area contributed by atoms with Crippen molar-refractivity contribution in [2.45, 2.75) is 31.9 Å². The Morgan fingerprint density at radius 1 is 1.11 bits per heavy atom. The second kappa shape index (κ2) is 10.3. The molecule has 0 bridgehead atoms. The molecule has 13 heteroatoms. The highest BCUT2D eigenvalue weighted by Crippen LogP contribution is 2.36. The number of methoxy groups -OCH3 is 2. The first-order chi connectivity index (χ1) is 17.7. The average molecular weight is 524 g/mol. The number of nitrogens with zero attached hydrogens (tertiary/aromatic N) is 6. The van der Waals surface area contributed by atoms with Crippen LogP contribution in [-0.4, -0.2) is 63.6 Å². The highest BCUT2D eigenvalue weighted by molar-refractivity contribution is 7.93. The molecule has 0 aliphatic carbocycles. The van der Waals surface area contributed by atoms with E-state index in [1.807, 2.05) is 0 Å². The van der Waals surface area contributed by atoms with Gasteiger partial charge in [-0.3, -0.25) is 19.3 Å². The van der Waals surface area contributed by atoms with Gasteiger partial charge in [0.2, 0.25) is 21.9 Å². The molecule has 4 rings (SSSR count). The number of anilines is 1. The van der Waals surface area contributed by atoms with E-state index in [-0.39, 0.29) is 40.6 Å². The predicted molar refractivity (Wildman–Crippen MR) is 136 cm³/mol. The third-order valence-electron chi connectivity index (χ3n) is 5.81. The molecule has 1 aliphatic heterocycles. The van der Waals surface area contributed by atoms with E-state index < -0.39 is 21.2 Å². The van der Waals surface area contributed by atoms with E-state index >= 15 is 0 Å². The maximum Gasteiger partial charge on any atom is 0.243 e. The molecule has 12 nitrogen and oxygen atoms in total. The Hall–Kier alpha value is -4.44. The number of para-hydroxylation sites is 1. The van der Waals surface area contributed by atoms with Crippen LogP contribution in [-0.2, 0) is 14.8 Å². The summed E-state index contributed by atoms with van der Waals surface area (Å²) in [6.45, 7) is 5.10. The van der Waals surface area contributed by atoms with Gasteiger partial charge in [-0.2, -0.15) is 0 Å². The number of hydrogen-bond donors (Lipinski definition) is 2. The normalized spacial score (nSPS) is 14.5. The van der Waals surface area contributed by atoms with E-state index in [1.165, 1.54) is 30.9 Å². The third-order valence-corrected chi connectivity index (χ3v) is 7.66. The van der Waals surface area contributed by atoms with E-state index in [9.17, 15) is 13.5 Å². The monoisotopic (exact) mass is 523 g/mol. The Bertz CT molecular complexity index is 1570. The number of hydrogen-bond acceptors (Lipinski definition) is 10. The number of benzene rings is 1. The predicted octanol–water partition coefficient (Wildman–Crippen LogP) is 2.72. The summed E-state index contributed by atoms with van der Waals surface area (Å²) in [5, 5.41) is 18.0. The van der Waals surface area contributed by atoms with Crippen LogP contribution in [0.1, 0.15) is 37.0 Å². The van der Waals surface area contributed by atoms with Crippen LogP contribution in [0, 0.1) is 6.92 Å². The van der Waals surface area contributed by atoms with Crippen molar-refractivity contribution in [1.82, 2.24) is 24.7 Å². The molecule has 0 saturated carbocycles. The van der Waals surface area contributed by atoms with Crippen molar-refractivity contribution in [3.05, 3.63) is 65.3 Å². The van der Waals surface area contributed by atoms with Gasteiger partial charge in [-0.1, -0.05) is 18.7 Å². The van der Waals surface area contributed by atoms with E-state index in [0.29, 0.717) is 5.69 Å². The lowest BCUT2D eigenvalue weighted by Crippen LogP contribution is -2.31. The smallest absolute Gasteiger partial charge is 0.243 e. The molecule has 0 spiro atoms. The number of phenols is 1. The van der Waals surface area contributed by atoms with Gasteiger partial charge < -0.3 is 14.6 Å². The molecule has 0 radical (unpaired) electrons. The van der Waals surface area contributed by atoms with Crippen molar-refractivity contribution in [2.75, 3.05) is 18.9 Å². The van der Waals surface area contributed by atoms with Gasteiger partial charge in [0.15, 0.2) is 11.5 Å². The van der Waals surface area contributed by atoms with Gasteiger partial charge >= 0.3 is 0 Å². The van der Waals surface area contributed by atoms with Crippen LogP contribution in [0.2, 0.25) is 0 Å². The first-order valence-corrected chi connectivity index (χ1v) is 12.7. The van der Waals surface area contributed by atoms with Crippen molar-refractivity contribution in [2.24, 2.45) is 4.99 Å². The first kappa shape index (κ1) is 25.6. The molecule has 0 saturated heterocycles. The Labute approximate surface area is 213 Å². The fraction of sp³-hybridized carbons (Fsp3) is 0.292. The number of aliphatic imine (C=N–C) groups is 1. The van der Waals surface area contributed by atoms with Crippen LogP contribution in [0.15, 0.2) is 53.1 Å². The van der Waals surface area contributed by atoms with Crippen LogP contribution >= 0.6 is 0 Å². The molecule has 37 heavy (non-hydrogen) atoms. The number of rotatable bonds is 8. The zero-order valence-electron chi connectivity index (χ0n) is 20.8. The second-order valence-electron chi connectivity index (χ2n) is 8.15. The highest BCUT2D eigenvalue weighted by Gasteiger charge is 2.32. The lowest BCUT2D eigenvalue weighted by atomic mass is 10.1. The summed E-state index contributed by atoms with van der Waals surface area (Å²) in [6, 6.07) is 4.61. The standard InChI is InChI=1S/C24H25N7O5S/c1-14-12-26-18(13-25-14)15(2)16(3)37(33,34)30-24-29-28-23(17-8-6-11-21(27-17)36-5)31(24)22-19(32)9-7-10-20(22)35-4/h7,9-13,15-16,32H,1-5H3,(H,29,30)/t15-,16-/m0/s1. The molecule has 3 aromatic rings. The number of aryl methyl sites for hydroxylation is 1. The average Bonchev–Trinajstić information content (AvgIpc) is 3.30. The van der Waals surface area contributed by atoms with E-state index in [0.717, 1.165) is 5.69 Å². The molecule has 2 atom stereocenters. The summed E-state index contributed by atoms with van der Waals surface area (Å²) >= 11 is 0. The summed E-state index contributed by atoms with van der Waals surface area (Å²) < 4.78 is 41.3.